The van der Waals surface area contributed by atoms with Gasteiger partial charge in [0.25, 0.3) is 0 Å². The summed E-state index contributed by atoms with van der Waals surface area (Å²) < 4.78 is 13.7. The zero-order valence-electron chi connectivity index (χ0n) is 10.8. The summed E-state index contributed by atoms with van der Waals surface area (Å²) in [6.07, 6.45) is 0. The van der Waals surface area contributed by atoms with Crippen molar-refractivity contribution in [1.82, 2.24) is 4.90 Å². The van der Waals surface area contributed by atoms with Crippen LogP contribution in [0.3, 0.4) is 0 Å². The molecule has 0 unspecified atom stereocenters. The number of benzene rings is 2. The Labute approximate surface area is 112 Å². The van der Waals surface area contributed by atoms with Gasteiger partial charge in [-0.1, -0.05) is 30.3 Å². The van der Waals surface area contributed by atoms with Crippen LogP contribution < -0.4 is 0 Å². The van der Waals surface area contributed by atoms with Gasteiger partial charge < -0.3 is 0 Å². The van der Waals surface area contributed by atoms with Crippen molar-refractivity contribution < 1.29 is 4.39 Å². The summed E-state index contributed by atoms with van der Waals surface area (Å²) in [6, 6.07) is 16.5. The molecule has 0 heterocycles. The van der Waals surface area contributed by atoms with Gasteiger partial charge in [0.05, 0.1) is 11.6 Å². The van der Waals surface area contributed by atoms with Crippen LogP contribution in [-0.4, -0.2) is 11.9 Å². The summed E-state index contributed by atoms with van der Waals surface area (Å²) in [4.78, 5) is 2.02. The summed E-state index contributed by atoms with van der Waals surface area (Å²) in [5, 5.41) is 8.84. The fourth-order valence-corrected chi connectivity index (χ4v) is 2.01. The fourth-order valence-electron chi connectivity index (χ4n) is 2.01. The van der Waals surface area contributed by atoms with Crippen molar-refractivity contribution in [2.24, 2.45) is 0 Å². The van der Waals surface area contributed by atoms with Gasteiger partial charge in [0.2, 0.25) is 0 Å². The van der Waals surface area contributed by atoms with Gasteiger partial charge in [-0.05, 0) is 30.8 Å². The Morgan fingerprint density at radius 3 is 2.53 bits per heavy atom. The van der Waals surface area contributed by atoms with Crippen LogP contribution in [0.15, 0.2) is 48.5 Å². The van der Waals surface area contributed by atoms with Gasteiger partial charge in [-0.3, -0.25) is 4.90 Å². The van der Waals surface area contributed by atoms with Crippen LogP contribution in [0.1, 0.15) is 16.7 Å². The minimum absolute atomic E-state index is 0.265. The number of nitrogens with zero attached hydrogens (tertiary/aromatic N) is 2. The number of rotatable bonds is 4. The minimum Gasteiger partial charge on any atom is -0.298 e. The molecule has 0 aromatic heterocycles. The van der Waals surface area contributed by atoms with E-state index in [1.165, 1.54) is 17.7 Å². The van der Waals surface area contributed by atoms with E-state index in [0.717, 1.165) is 6.54 Å². The predicted molar refractivity (Wildman–Crippen MR) is 72.7 cm³/mol. The van der Waals surface area contributed by atoms with Crippen molar-refractivity contribution in [3.63, 3.8) is 0 Å². The Kier molecular flexibility index (Phi) is 4.27. The molecular formula is C16H15FN2. The molecule has 0 bridgehead atoms. The van der Waals surface area contributed by atoms with Gasteiger partial charge in [-0.15, -0.1) is 0 Å². The molecule has 0 aliphatic carbocycles. The highest BCUT2D eigenvalue weighted by molar-refractivity contribution is 5.33. The summed E-state index contributed by atoms with van der Waals surface area (Å²) in [6.45, 7) is 1.23. The number of nitriles is 1. The lowest BCUT2D eigenvalue weighted by atomic mass is 10.1. The molecule has 3 heteroatoms. The average molecular weight is 254 g/mol. The zero-order valence-corrected chi connectivity index (χ0v) is 10.8. The molecule has 0 atom stereocenters. The molecule has 96 valence electrons. The second-order valence-electron chi connectivity index (χ2n) is 4.58. The van der Waals surface area contributed by atoms with Crippen molar-refractivity contribution in [3.05, 3.63) is 71.0 Å². The van der Waals surface area contributed by atoms with E-state index < -0.39 is 0 Å². The first-order valence-corrected chi connectivity index (χ1v) is 6.10. The maximum Gasteiger partial charge on any atom is 0.127 e. The Morgan fingerprint density at radius 2 is 1.84 bits per heavy atom. The van der Waals surface area contributed by atoms with Crippen LogP contribution in [0.25, 0.3) is 0 Å². The number of hydrogen-bond acceptors (Lipinski definition) is 2. The van der Waals surface area contributed by atoms with Crippen molar-refractivity contribution in [1.29, 1.82) is 5.26 Å². The van der Waals surface area contributed by atoms with E-state index in [1.807, 2.05) is 48.3 Å². The molecule has 2 nitrogen and oxygen atoms in total. The largest absolute Gasteiger partial charge is 0.298 e. The van der Waals surface area contributed by atoms with Gasteiger partial charge in [0.15, 0.2) is 0 Å². The molecule has 0 saturated carbocycles. The topological polar surface area (TPSA) is 27.0 Å². The second-order valence-corrected chi connectivity index (χ2v) is 4.58. The molecule has 0 fully saturated rings. The van der Waals surface area contributed by atoms with Crippen molar-refractivity contribution in [2.75, 3.05) is 7.05 Å². The SMILES string of the molecule is CN(Cc1ccccc1)Cc1cc(C#N)ccc1F. The third kappa shape index (κ3) is 3.64. The van der Waals surface area contributed by atoms with E-state index in [0.29, 0.717) is 17.7 Å². The minimum atomic E-state index is -0.265. The molecule has 2 aromatic carbocycles. The lowest BCUT2D eigenvalue weighted by Gasteiger charge is -2.17. The smallest absolute Gasteiger partial charge is 0.127 e. The van der Waals surface area contributed by atoms with Crippen molar-refractivity contribution in [3.8, 4) is 6.07 Å². The predicted octanol–water partition coefficient (Wildman–Crippen LogP) is 3.33. The Hall–Kier alpha value is -2.18. The van der Waals surface area contributed by atoms with Crippen LogP contribution >= 0.6 is 0 Å². The van der Waals surface area contributed by atoms with Crippen LogP contribution in [0.5, 0.6) is 0 Å². The van der Waals surface area contributed by atoms with Gasteiger partial charge in [0.1, 0.15) is 5.82 Å². The first kappa shape index (κ1) is 13.3. The third-order valence-electron chi connectivity index (χ3n) is 2.91. The lowest BCUT2D eigenvalue weighted by Crippen LogP contribution is -2.18. The molecule has 0 spiro atoms. The summed E-state index contributed by atoms with van der Waals surface area (Å²) >= 11 is 0. The first-order valence-electron chi connectivity index (χ1n) is 6.10. The quantitative estimate of drug-likeness (QED) is 0.836. The number of hydrogen-bond donors (Lipinski definition) is 0. The van der Waals surface area contributed by atoms with Crippen molar-refractivity contribution in [2.45, 2.75) is 13.1 Å². The lowest BCUT2D eigenvalue weighted by molar-refractivity contribution is 0.313. The standard InChI is InChI=1S/C16H15FN2/c1-19(11-13-5-3-2-4-6-13)12-15-9-14(10-18)7-8-16(15)17/h2-9H,11-12H2,1H3. The van der Waals surface area contributed by atoms with Gasteiger partial charge >= 0.3 is 0 Å². The van der Waals surface area contributed by atoms with Crippen LogP contribution in [0, 0.1) is 17.1 Å². The van der Waals surface area contributed by atoms with Crippen LogP contribution in [0.4, 0.5) is 4.39 Å². The molecule has 0 amide bonds. The van der Waals surface area contributed by atoms with Gasteiger partial charge in [-0.25, -0.2) is 4.39 Å². The Bertz CT molecular complexity index is 587. The first-order chi connectivity index (χ1) is 9.19. The molecule has 0 radical (unpaired) electrons. The molecule has 0 N–H and O–H groups in total. The summed E-state index contributed by atoms with van der Waals surface area (Å²) in [5.74, 6) is -0.265. The van der Waals surface area contributed by atoms with Gasteiger partial charge in [0, 0.05) is 18.7 Å². The van der Waals surface area contributed by atoms with E-state index in [1.54, 1.807) is 6.07 Å². The maximum absolute atomic E-state index is 13.7. The molecule has 0 aliphatic heterocycles. The van der Waals surface area contributed by atoms with E-state index >= 15 is 0 Å². The molecular weight excluding hydrogens is 239 g/mol. The summed E-state index contributed by atoms with van der Waals surface area (Å²) in [7, 11) is 1.94. The van der Waals surface area contributed by atoms with E-state index in [4.69, 9.17) is 5.26 Å². The molecule has 2 rings (SSSR count). The van der Waals surface area contributed by atoms with E-state index in [-0.39, 0.29) is 5.82 Å². The fraction of sp³-hybridized carbons (Fsp3) is 0.188. The molecule has 0 saturated heterocycles. The highest BCUT2D eigenvalue weighted by Crippen LogP contribution is 2.13. The normalized spacial score (nSPS) is 10.4. The highest BCUT2D eigenvalue weighted by Gasteiger charge is 2.07. The molecule has 0 aliphatic rings. The Balaban J connectivity index is 2.07. The average Bonchev–Trinajstić information content (AvgIpc) is 2.42. The maximum atomic E-state index is 13.7. The number of halogens is 1. The van der Waals surface area contributed by atoms with E-state index in [2.05, 4.69) is 0 Å². The Morgan fingerprint density at radius 1 is 1.11 bits per heavy atom. The van der Waals surface area contributed by atoms with Crippen LogP contribution in [0.2, 0.25) is 0 Å². The van der Waals surface area contributed by atoms with Gasteiger partial charge in [-0.2, -0.15) is 5.26 Å². The van der Waals surface area contributed by atoms with Crippen molar-refractivity contribution >= 4 is 0 Å². The second kappa shape index (κ2) is 6.12. The van der Waals surface area contributed by atoms with E-state index in [9.17, 15) is 4.39 Å². The highest BCUT2D eigenvalue weighted by atomic mass is 19.1. The summed E-state index contributed by atoms with van der Waals surface area (Å²) in [5.41, 5.74) is 2.23. The third-order valence-corrected chi connectivity index (χ3v) is 2.91. The molecule has 19 heavy (non-hydrogen) atoms. The zero-order chi connectivity index (χ0) is 13.7. The monoisotopic (exact) mass is 254 g/mol. The molecule has 2 aromatic rings. The van der Waals surface area contributed by atoms with Crippen LogP contribution in [-0.2, 0) is 13.1 Å².